The maximum Gasteiger partial charge on any atom is 0.136 e. The highest BCUT2D eigenvalue weighted by Crippen LogP contribution is 2.24. The Labute approximate surface area is 101 Å². The van der Waals surface area contributed by atoms with Gasteiger partial charge in [0.15, 0.2) is 0 Å². The second-order valence-corrected chi connectivity index (χ2v) is 4.44. The standard InChI is InChI=1S/C12H17ClN2O/c1-15(2)12-7-10(13)5-3-9(12)4-6-11(14)8-16/h3,5,7-8,11H,4,6,14H2,1-2H3/t11-/m0/s1. The number of nitrogens with zero attached hydrogens (tertiary/aromatic N) is 1. The lowest BCUT2D eigenvalue weighted by molar-refractivity contribution is -0.109. The molecule has 1 rings (SSSR count). The van der Waals surface area contributed by atoms with Gasteiger partial charge in [-0.1, -0.05) is 17.7 Å². The molecule has 0 saturated carbocycles. The van der Waals surface area contributed by atoms with Crippen molar-refractivity contribution >= 4 is 23.6 Å². The van der Waals surface area contributed by atoms with Crippen LogP contribution in [0.25, 0.3) is 0 Å². The first-order valence-electron chi connectivity index (χ1n) is 5.21. The number of nitrogens with two attached hydrogens (primary N) is 1. The molecule has 0 aliphatic rings. The Morgan fingerprint density at radius 1 is 1.50 bits per heavy atom. The Hall–Kier alpha value is -1.06. The van der Waals surface area contributed by atoms with Crippen LogP contribution >= 0.6 is 11.6 Å². The van der Waals surface area contributed by atoms with Gasteiger partial charge in [-0.2, -0.15) is 0 Å². The average molecular weight is 241 g/mol. The lowest BCUT2D eigenvalue weighted by atomic mass is 10.0. The van der Waals surface area contributed by atoms with Crippen molar-refractivity contribution in [3.05, 3.63) is 28.8 Å². The Bertz CT molecular complexity index is 366. The van der Waals surface area contributed by atoms with Gasteiger partial charge in [0.05, 0.1) is 6.04 Å². The van der Waals surface area contributed by atoms with Crippen LogP contribution in [-0.4, -0.2) is 26.4 Å². The molecular weight excluding hydrogens is 224 g/mol. The summed E-state index contributed by atoms with van der Waals surface area (Å²) in [5, 5.41) is 0.715. The molecule has 0 fully saturated rings. The van der Waals surface area contributed by atoms with Gasteiger partial charge in [0, 0.05) is 24.8 Å². The fourth-order valence-electron chi connectivity index (χ4n) is 1.55. The molecule has 0 aliphatic carbocycles. The predicted molar refractivity (Wildman–Crippen MR) is 68.1 cm³/mol. The van der Waals surface area contributed by atoms with Crippen molar-refractivity contribution in [2.24, 2.45) is 5.73 Å². The summed E-state index contributed by atoms with van der Waals surface area (Å²) in [4.78, 5) is 12.5. The zero-order valence-corrected chi connectivity index (χ0v) is 10.4. The second kappa shape index (κ2) is 5.87. The van der Waals surface area contributed by atoms with Gasteiger partial charge in [-0.15, -0.1) is 0 Å². The Morgan fingerprint density at radius 2 is 2.19 bits per heavy atom. The number of halogens is 1. The molecular formula is C12H17ClN2O. The molecule has 4 heteroatoms. The van der Waals surface area contributed by atoms with E-state index in [1.54, 1.807) is 0 Å². The van der Waals surface area contributed by atoms with E-state index < -0.39 is 0 Å². The van der Waals surface area contributed by atoms with E-state index in [2.05, 4.69) is 0 Å². The van der Waals surface area contributed by atoms with Gasteiger partial charge >= 0.3 is 0 Å². The summed E-state index contributed by atoms with van der Waals surface area (Å²) >= 11 is 5.94. The Balaban J connectivity index is 2.82. The van der Waals surface area contributed by atoms with Gasteiger partial charge in [-0.05, 0) is 30.5 Å². The minimum Gasteiger partial charge on any atom is -0.377 e. The summed E-state index contributed by atoms with van der Waals surface area (Å²) in [6, 6.07) is 5.38. The van der Waals surface area contributed by atoms with E-state index in [1.165, 1.54) is 0 Å². The van der Waals surface area contributed by atoms with Crippen molar-refractivity contribution in [2.45, 2.75) is 18.9 Å². The fraction of sp³-hybridized carbons (Fsp3) is 0.417. The van der Waals surface area contributed by atoms with Crippen molar-refractivity contribution in [2.75, 3.05) is 19.0 Å². The maximum absolute atomic E-state index is 10.4. The zero-order chi connectivity index (χ0) is 12.1. The summed E-state index contributed by atoms with van der Waals surface area (Å²) in [7, 11) is 3.93. The van der Waals surface area contributed by atoms with Crippen molar-refractivity contribution < 1.29 is 4.79 Å². The van der Waals surface area contributed by atoms with Gasteiger partial charge in [-0.3, -0.25) is 0 Å². The topological polar surface area (TPSA) is 46.3 Å². The summed E-state index contributed by atoms with van der Waals surface area (Å²) in [6.45, 7) is 0. The van der Waals surface area contributed by atoms with Crippen LogP contribution in [0.4, 0.5) is 5.69 Å². The molecule has 1 aromatic rings. The smallest absolute Gasteiger partial charge is 0.136 e. The van der Waals surface area contributed by atoms with Crippen LogP contribution in [0.5, 0.6) is 0 Å². The van der Waals surface area contributed by atoms with Crippen LogP contribution in [-0.2, 0) is 11.2 Å². The van der Waals surface area contributed by atoms with Crippen molar-refractivity contribution in [3.63, 3.8) is 0 Å². The third kappa shape index (κ3) is 3.51. The average Bonchev–Trinajstić information content (AvgIpc) is 2.26. The molecule has 1 aromatic carbocycles. The van der Waals surface area contributed by atoms with E-state index in [0.29, 0.717) is 11.4 Å². The molecule has 16 heavy (non-hydrogen) atoms. The molecule has 1 atom stereocenters. The lowest BCUT2D eigenvalue weighted by Crippen LogP contribution is -2.22. The Kier molecular flexibility index (Phi) is 4.77. The summed E-state index contributed by atoms with van der Waals surface area (Å²) in [5.74, 6) is 0. The van der Waals surface area contributed by atoms with Gasteiger partial charge in [-0.25, -0.2) is 0 Å². The second-order valence-electron chi connectivity index (χ2n) is 4.01. The largest absolute Gasteiger partial charge is 0.377 e. The number of aryl methyl sites for hydroxylation is 1. The highest BCUT2D eigenvalue weighted by atomic mass is 35.5. The number of carbonyl (C=O) groups excluding carboxylic acids is 1. The molecule has 0 bridgehead atoms. The first-order valence-corrected chi connectivity index (χ1v) is 5.59. The molecule has 88 valence electrons. The van der Waals surface area contributed by atoms with Crippen LogP contribution in [0.3, 0.4) is 0 Å². The van der Waals surface area contributed by atoms with E-state index in [0.717, 1.165) is 24.0 Å². The normalized spacial score (nSPS) is 12.2. The molecule has 0 spiro atoms. The van der Waals surface area contributed by atoms with Crippen LogP contribution in [0.2, 0.25) is 5.02 Å². The van der Waals surface area contributed by atoms with E-state index in [-0.39, 0.29) is 6.04 Å². The van der Waals surface area contributed by atoms with Crippen LogP contribution in [0, 0.1) is 0 Å². The molecule has 3 nitrogen and oxygen atoms in total. The molecule has 0 radical (unpaired) electrons. The molecule has 0 amide bonds. The molecule has 0 unspecified atom stereocenters. The third-order valence-corrected chi connectivity index (χ3v) is 2.69. The summed E-state index contributed by atoms with van der Waals surface area (Å²) in [6.07, 6.45) is 2.22. The predicted octanol–water partition coefficient (Wildman–Crippen LogP) is 1.86. The van der Waals surface area contributed by atoms with E-state index in [1.807, 2.05) is 37.2 Å². The van der Waals surface area contributed by atoms with Gasteiger partial charge < -0.3 is 15.4 Å². The van der Waals surface area contributed by atoms with Gasteiger partial charge in [0.25, 0.3) is 0 Å². The summed E-state index contributed by atoms with van der Waals surface area (Å²) < 4.78 is 0. The molecule has 2 N–H and O–H groups in total. The third-order valence-electron chi connectivity index (χ3n) is 2.45. The van der Waals surface area contributed by atoms with E-state index in [9.17, 15) is 4.79 Å². The van der Waals surface area contributed by atoms with Crippen molar-refractivity contribution in [1.82, 2.24) is 0 Å². The zero-order valence-electron chi connectivity index (χ0n) is 9.61. The van der Waals surface area contributed by atoms with E-state index >= 15 is 0 Å². The highest BCUT2D eigenvalue weighted by Gasteiger charge is 2.07. The quantitative estimate of drug-likeness (QED) is 0.800. The molecule has 0 aromatic heterocycles. The van der Waals surface area contributed by atoms with Crippen LogP contribution in [0.15, 0.2) is 18.2 Å². The SMILES string of the molecule is CN(C)c1cc(Cl)ccc1CC[C@H](N)C=O. The number of anilines is 1. The monoisotopic (exact) mass is 240 g/mol. The van der Waals surface area contributed by atoms with Gasteiger partial charge in [0.1, 0.15) is 6.29 Å². The number of aldehydes is 1. The fourth-order valence-corrected chi connectivity index (χ4v) is 1.72. The minimum absolute atomic E-state index is 0.384. The molecule has 0 heterocycles. The van der Waals surface area contributed by atoms with Crippen molar-refractivity contribution in [3.8, 4) is 0 Å². The number of hydrogen-bond acceptors (Lipinski definition) is 3. The molecule has 0 aliphatic heterocycles. The van der Waals surface area contributed by atoms with Crippen LogP contribution < -0.4 is 10.6 Å². The Morgan fingerprint density at radius 3 is 2.75 bits per heavy atom. The number of rotatable bonds is 5. The van der Waals surface area contributed by atoms with Crippen molar-refractivity contribution in [1.29, 1.82) is 0 Å². The van der Waals surface area contributed by atoms with Crippen LogP contribution in [0.1, 0.15) is 12.0 Å². The first-order chi connectivity index (χ1) is 7.54. The van der Waals surface area contributed by atoms with E-state index in [4.69, 9.17) is 17.3 Å². The van der Waals surface area contributed by atoms with Gasteiger partial charge in [0.2, 0.25) is 0 Å². The first kappa shape index (κ1) is 13.0. The maximum atomic E-state index is 10.4. The number of benzene rings is 1. The number of carbonyl (C=O) groups is 1. The minimum atomic E-state index is -0.384. The number of hydrogen-bond donors (Lipinski definition) is 1. The summed E-state index contributed by atoms with van der Waals surface area (Å²) in [5.41, 5.74) is 7.80. The molecule has 0 saturated heterocycles. The highest BCUT2D eigenvalue weighted by molar-refractivity contribution is 6.30. The lowest BCUT2D eigenvalue weighted by Gasteiger charge is -2.18.